The molecule has 0 saturated carbocycles. The molecule has 25 heavy (non-hydrogen) atoms. The van der Waals surface area contributed by atoms with E-state index < -0.39 is 0 Å². The molecule has 1 unspecified atom stereocenters. The summed E-state index contributed by atoms with van der Waals surface area (Å²) in [5, 5.41) is 0. The SMILES string of the molecule is CN(Cc1ccc2c(c1)OCCO2)C(=O)CC(N)Cc1ccccc1. The van der Waals surface area contributed by atoms with Crippen molar-refractivity contribution in [2.45, 2.75) is 25.4 Å². The van der Waals surface area contributed by atoms with Gasteiger partial charge in [0, 0.05) is 26.1 Å². The van der Waals surface area contributed by atoms with Crippen LogP contribution >= 0.6 is 0 Å². The summed E-state index contributed by atoms with van der Waals surface area (Å²) < 4.78 is 11.1. The molecule has 0 saturated heterocycles. The molecule has 3 rings (SSSR count). The van der Waals surface area contributed by atoms with Crippen LogP contribution in [-0.4, -0.2) is 37.1 Å². The van der Waals surface area contributed by atoms with E-state index in [4.69, 9.17) is 15.2 Å². The van der Waals surface area contributed by atoms with E-state index in [1.54, 1.807) is 11.9 Å². The largest absolute Gasteiger partial charge is 0.486 e. The first kappa shape index (κ1) is 17.3. The van der Waals surface area contributed by atoms with Crippen LogP contribution in [0.15, 0.2) is 48.5 Å². The lowest BCUT2D eigenvalue weighted by molar-refractivity contribution is -0.130. The van der Waals surface area contributed by atoms with Gasteiger partial charge in [-0.05, 0) is 29.7 Å². The molecule has 1 atom stereocenters. The minimum absolute atomic E-state index is 0.0401. The number of hydrogen-bond acceptors (Lipinski definition) is 4. The van der Waals surface area contributed by atoms with Crippen LogP contribution in [0.4, 0.5) is 0 Å². The molecule has 0 aliphatic carbocycles. The fourth-order valence-electron chi connectivity index (χ4n) is 2.92. The minimum Gasteiger partial charge on any atom is -0.486 e. The lowest BCUT2D eigenvalue weighted by Crippen LogP contribution is -2.34. The molecule has 5 heteroatoms. The van der Waals surface area contributed by atoms with Crippen molar-refractivity contribution in [3.05, 3.63) is 59.7 Å². The van der Waals surface area contributed by atoms with Crippen LogP contribution < -0.4 is 15.2 Å². The van der Waals surface area contributed by atoms with Gasteiger partial charge in [0.1, 0.15) is 13.2 Å². The standard InChI is InChI=1S/C20H24N2O3/c1-22(14-16-7-8-18-19(12-16)25-10-9-24-18)20(23)13-17(21)11-15-5-3-2-4-6-15/h2-8,12,17H,9-11,13-14,21H2,1H3. The molecular formula is C20H24N2O3. The quantitative estimate of drug-likeness (QED) is 0.877. The highest BCUT2D eigenvalue weighted by molar-refractivity contribution is 5.76. The van der Waals surface area contributed by atoms with Gasteiger partial charge in [0.05, 0.1) is 0 Å². The maximum Gasteiger partial charge on any atom is 0.224 e. The highest BCUT2D eigenvalue weighted by atomic mass is 16.6. The van der Waals surface area contributed by atoms with Gasteiger partial charge in [0.15, 0.2) is 11.5 Å². The topological polar surface area (TPSA) is 64.8 Å². The van der Waals surface area contributed by atoms with Crippen LogP contribution in [-0.2, 0) is 17.8 Å². The number of nitrogens with two attached hydrogens (primary N) is 1. The van der Waals surface area contributed by atoms with Crippen molar-refractivity contribution in [3.8, 4) is 11.5 Å². The van der Waals surface area contributed by atoms with Crippen molar-refractivity contribution in [1.82, 2.24) is 4.90 Å². The van der Waals surface area contributed by atoms with E-state index in [0.29, 0.717) is 32.6 Å². The van der Waals surface area contributed by atoms with Crippen molar-refractivity contribution >= 4 is 5.91 Å². The number of carbonyl (C=O) groups is 1. The van der Waals surface area contributed by atoms with Crippen LogP contribution in [0.2, 0.25) is 0 Å². The first-order valence-electron chi connectivity index (χ1n) is 8.54. The number of rotatable bonds is 6. The van der Waals surface area contributed by atoms with Gasteiger partial charge in [-0.25, -0.2) is 0 Å². The smallest absolute Gasteiger partial charge is 0.224 e. The number of amides is 1. The van der Waals surface area contributed by atoms with E-state index >= 15 is 0 Å². The van der Waals surface area contributed by atoms with Gasteiger partial charge in [-0.3, -0.25) is 4.79 Å². The molecule has 0 radical (unpaired) electrons. The Hall–Kier alpha value is -2.53. The predicted octanol–water partition coefficient (Wildman–Crippen LogP) is 2.38. The van der Waals surface area contributed by atoms with Gasteiger partial charge in [0.2, 0.25) is 5.91 Å². The molecule has 0 spiro atoms. The van der Waals surface area contributed by atoms with E-state index in [1.165, 1.54) is 0 Å². The molecule has 2 N–H and O–H groups in total. The molecule has 2 aromatic carbocycles. The second-order valence-electron chi connectivity index (χ2n) is 6.38. The van der Waals surface area contributed by atoms with Crippen LogP contribution in [0.5, 0.6) is 11.5 Å². The lowest BCUT2D eigenvalue weighted by atomic mass is 10.0. The Morgan fingerprint density at radius 1 is 1.08 bits per heavy atom. The van der Waals surface area contributed by atoms with Crippen LogP contribution in [0.3, 0.4) is 0 Å². The lowest BCUT2D eigenvalue weighted by Gasteiger charge is -2.22. The molecule has 1 heterocycles. The number of benzene rings is 2. The summed E-state index contributed by atoms with van der Waals surface area (Å²) in [5.41, 5.74) is 8.31. The normalized spacial score (nSPS) is 14.0. The van der Waals surface area contributed by atoms with Gasteiger partial charge in [-0.2, -0.15) is 0 Å². The fraction of sp³-hybridized carbons (Fsp3) is 0.350. The second kappa shape index (κ2) is 8.03. The van der Waals surface area contributed by atoms with Crippen molar-refractivity contribution in [3.63, 3.8) is 0 Å². The molecule has 1 aliphatic heterocycles. The molecule has 2 aromatic rings. The van der Waals surface area contributed by atoms with Gasteiger partial charge in [-0.15, -0.1) is 0 Å². The average Bonchev–Trinajstić information content (AvgIpc) is 2.62. The summed E-state index contributed by atoms with van der Waals surface area (Å²) in [4.78, 5) is 14.1. The maximum absolute atomic E-state index is 12.4. The Kier molecular flexibility index (Phi) is 5.56. The van der Waals surface area contributed by atoms with E-state index in [1.807, 2.05) is 48.5 Å². The Labute approximate surface area is 148 Å². The summed E-state index contributed by atoms with van der Waals surface area (Å²) in [7, 11) is 1.80. The van der Waals surface area contributed by atoms with Crippen LogP contribution in [0, 0.1) is 0 Å². The molecule has 0 fully saturated rings. The number of ether oxygens (including phenoxy) is 2. The molecule has 0 bridgehead atoms. The zero-order chi connectivity index (χ0) is 17.6. The average molecular weight is 340 g/mol. The molecule has 132 valence electrons. The third-order valence-electron chi connectivity index (χ3n) is 4.23. The summed E-state index contributed by atoms with van der Waals surface area (Å²) >= 11 is 0. The van der Waals surface area contributed by atoms with Crippen molar-refractivity contribution in [1.29, 1.82) is 0 Å². The predicted molar refractivity (Wildman–Crippen MR) is 96.6 cm³/mol. The van der Waals surface area contributed by atoms with E-state index in [9.17, 15) is 4.79 Å². The van der Waals surface area contributed by atoms with Crippen LogP contribution in [0.1, 0.15) is 17.5 Å². The van der Waals surface area contributed by atoms with Gasteiger partial charge in [-0.1, -0.05) is 36.4 Å². The number of hydrogen-bond donors (Lipinski definition) is 1. The Bertz CT molecular complexity index is 718. The summed E-state index contributed by atoms with van der Waals surface area (Å²) in [5.74, 6) is 1.54. The molecule has 0 aromatic heterocycles. The summed E-state index contributed by atoms with van der Waals surface area (Å²) in [6.07, 6.45) is 1.03. The third kappa shape index (κ3) is 4.73. The molecule has 1 amide bonds. The van der Waals surface area contributed by atoms with E-state index in [2.05, 4.69) is 0 Å². The van der Waals surface area contributed by atoms with Gasteiger partial charge >= 0.3 is 0 Å². The van der Waals surface area contributed by atoms with Crippen molar-refractivity contribution in [2.75, 3.05) is 20.3 Å². The first-order chi connectivity index (χ1) is 12.1. The monoisotopic (exact) mass is 340 g/mol. The number of fused-ring (bicyclic) bond motifs is 1. The van der Waals surface area contributed by atoms with Crippen molar-refractivity contribution in [2.24, 2.45) is 5.73 Å². The van der Waals surface area contributed by atoms with E-state index in [0.717, 1.165) is 22.6 Å². The zero-order valence-electron chi connectivity index (χ0n) is 14.5. The highest BCUT2D eigenvalue weighted by Crippen LogP contribution is 2.31. The third-order valence-corrected chi connectivity index (χ3v) is 4.23. The Morgan fingerprint density at radius 2 is 1.80 bits per heavy atom. The molecule has 5 nitrogen and oxygen atoms in total. The molecular weight excluding hydrogens is 316 g/mol. The van der Waals surface area contributed by atoms with Crippen molar-refractivity contribution < 1.29 is 14.3 Å². The second-order valence-corrected chi connectivity index (χ2v) is 6.38. The first-order valence-corrected chi connectivity index (χ1v) is 8.54. The minimum atomic E-state index is -0.183. The Morgan fingerprint density at radius 3 is 2.56 bits per heavy atom. The fourth-order valence-corrected chi connectivity index (χ4v) is 2.92. The molecule has 1 aliphatic rings. The zero-order valence-corrected chi connectivity index (χ0v) is 14.5. The number of carbonyl (C=O) groups excluding carboxylic acids is 1. The maximum atomic E-state index is 12.4. The summed E-state index contributed by atoms with van der Waals surface area (Å²) in [6.45, 7) is 1.65. The van der Waals surface area contributed by atoms with E-state index in [-0.39, 0.29) is 11.9 Å². The summed E-state index contributed by atoms with van der Waals surface area (Å²) in [6, 6.07) is 15.6. The van der Waals surface area contributed by atoms with Gasteiger partial charge < -0.3 is 20.1 Å². The number of nitrogens with zero attached hydrogens (tertiary/aromatic N) is 1. The highest BCUT2D eigenvalue weighted by Gasteiger charge is 2.16. The van der Waals surface area contributed by atoms with Crippen LogP contribution in [0.25, 0.3) is 0 Å². The van der Waals surface area contributed by atoms with Gasteiger partial charge in [0.25, 0.3) is 0 Å². The Balaban J connectivity index is 1.53.